The van der Waals surface area contributed by atoms with Gasteiger partial charge in [-0.05, 0) is 65.3 Å². The molecule has 3 aromatic carbocycles. The van der Waals surface area contributed by atoms with Gasteiger partial charge < -0.3 is 15.0 Å². The molecule has 0 amide bonds. The van der Waals surface area contributed by atoms with Crippen LogP contribution in [0.5, 0.6) is 5.75 Å². The topological polar surface area (TPSA) is 83.4 Å². The molecule has 2 aliphatic heterocycles. The van der Waals surface area contributed by atoms with Gasteiger partial charge in [-0.15, -0.1) is 22.0 Å². The highest BCUT2D eigenvalue weighted by Gasteiger charge is 2.39. The highest BCUT2D eigenvalue weighted by atomic mass is 32.2. The van der Waals surface area contributed by atoms with Crippen LogP contribution >= 0.6 is 0 Å². The molecule has 3 aliphatic rings. The molecule has 2 heterocycles. The minimum Gasteiger partial charge on any atom is -0.406 e. The van der Waals surface area contributed by atoms with Gasteiger partial charge in [0.2, 0.25) is 0 Å². The van der Waals surface area contributed by atoms with Crippen molar-refractivity contribution in [3.05, 3.63) is 83.9 Å². The molecule has 1 fully saturated rings. The molecule has 0 saturated carbocycles. The van der Waals surface area contributed by atoms with Crippen LogP contribution in [-0.2, 0) is 10.2 Å². The van der Waals surface area contributed by atoms with Gasteiger partial charge in [0.25, 0.3) is 0 Å². The number of ether oxygens (including phenoxy) is 1. The fourth-order valence-electron chi connectivity index (χ4n) is 5.67. The molecule has 3 aromatic rings. The summed E-state index contributed by atoms with van der Waals surface area (Å²) in [6.45, 7) is 1.20. The molecule has 196 valence electrons. The van der Waals surface area contributed by atoms with Crippen LogP contribution in [0.2, 0.25) is 0 Å². The lowest BCUT2D eigenvalue weighted by Crippen LogP contribution is -2.45. The summed E-state index contributed by atoms with van der Waals surface area (Å²) in [5, 5.41) is 2.91. The summed E-state index contributed by atoms with van der Waals surface area (Å²) in [4.78, 5) is 1.94. The predicted molar refractivity (Wildman–Crippen MR) is 139 cm³/mol. The lowest BCUT2D eigenvalue weighted by Gasteiger charge is -2.37. The van der Waals surface area contributed by atoms with Crippen molar-refractivity contribution in [2.45, 2.75) is 25.1 Å². The second-order valence-corrected chi connectivity index (χ2v) is 10.8. The van der Waals surface area contributed by atoms with E-state index < -0.39 is 16.6 Å². The molecule has 1 N–H and O–H groups in total. The quantitative estimate of drug-likeness (QED) is 0.469. The SMILES string of the molecule is O=S1(=O)N=C(Nc2ccc(OC(F)(F)F)cc2)C(N2CCCC(C3c4ccccc4-c4ccccc43)C2)=N1. The van der Waals surface area contributed by atoms with Gasteiger partial charge in [-0.2, -0.15) is 8.42 Å². The molecule has 0 bridgehead atoms. The summed E-state index contributed by atoms with van der Waals surface area (Å²) in [7, 11) is -4.08. The van der Waals surface area contributed by atoms with E-state index in [2.05, 4.69) is 43.1 Å². The average molecular weight is 541 g/mol. The summed E-state index contributed by atoms with van der Waals surface area (Å²) < 4.78 is 73.8. The fourth-order valence-corrected chi connectivity index (χ4v) is 6.49. The number of anilines is 1. The Kier molecular flexibility index (Phi) is 5.90. The number of hydrogen-bond donors (Lipinski definition) is 1. The Labute approximate surface area is 217 Å². The van der Waals surface area contributed by atoms with Gasteiger partial charge in [0.15, 0.2) is 11.7 Å². The number of amidine groups is 2. The Morgan fingerprint density at radius 2 is 1.53 bits per heavy atom. The molecular weight excluding hydrogens is 517 g/mol. The molecule has 0 aromatic heterocycles. The summed E-state index contributed by atoms with van der Waals surface area (Å²) in [5.74, 6) is 0.277. The van der Waals surface area contributed by atoms with Gasteiger partial charge >= 0.3 is 16.6 Å². The number of piperidine rings is 1. The van der Waals surface area contributed by atoms with E-state index in [-0.39, 0.29) is 29.3 Å². The van der Waals surface area contributed by atoms with Crippen molar-refractivity contribution < 1.29 is 26.3 Å². The number of benzene rings is 3. The maximum atomic E-state index is 12.5. The van der Waals surface area contributed by atoms with E-state index in [9.17, 15) is 21.6 Å². The van der Waals surface area contributed by atoms with Gasteiger partial charge in [-0.3, -0.25) is 0 Å². The number of fused-ring (bicyclic) bond motifs is 3. The zero-order valence-corrected chi connectivity index (χ0v) is 20.8. The Morgan fingerprint density at radius 1 is 0.895 bits per heavy atom. The highest BCUT2D eigenvalue weighted by Crippen LogP contribution is 2.49. The second kappa shape index (κ2) is 9.16. The van der Waals surface area contributed by atoms with E-state index in [0.29, 0.717) is 18.8 Å². The Bertz CT molecular complexity index is 1510. The predicted octanol–water partition coefficient (Wildman–Crippen LogP) is 5.58. The minimum absolute atomic E-state index is 0.0439. The van der Waals surface area contributed by atoms with Crippen LogP contribution in [0.15, 0.2) is 81.6 Å². The van der Waals surface area contributed by atoms with Gasteiger partial charge in [-0.1, -0.05) is 48.5 Å². The van der Waals surface area contributed by atoms with E-state index in [1.54, 1.807) is 0 Å². The van der Waals surface area contributed by atoms with Crippen molar-refractivity contribution in [2.75, 3.05) is 18.4 Å². The first-order chi connectivity index (χ1) is 18.2. The summed E-state index contributed by atoms with van der Waals surface area (Å²) in [5.41, 5.74) is 5.36. The van der Waals surface area contributed by atoms with Crippen molar-refractivity contribution in [1.29, 1.82) is 0 Å². The molecule has 1 unspecified atom stereocenters. The number of rotatable bonds is 3. The van der Waals surface area contributed by atoms with E-state index in [1.165, 1.54) is 34.4 Å². The molecular formula is C27H23F3N4O3S. The molecule has 1 atom stereocenters. The third kappa shape index (κ3) is 4.73. The average Bonchev–Trinajstić information content (AvgIpc) is 3.38. The number of nitrogens with zero attached hydrogens (tertiary/aromatic N) is 3. The summed E-state index contributed by atoms with van der Waals surface area (Å²) >= 11 is 0. The molecule has 0 radical (unpaired) electrons. The van der Waals surface area contributed by atoms with Gasteiger partial charge in [-0.25, -0.2) is 0 Å². The van der Waals surface area contributed by atoms with Crippen molar-refractivity contribution in [2.24, 2.45) is 14.7 Å². The fraction of sp³-hybridized carbons (Fsp3) is 0.259. The van der Waals surface area contributed by atoms with Crippen LogP contribution in [0.25, 0.3) is 11.1 Å². The van der Waals surface area contributed by atoms with Crippen LogP contribution in [0.4, 0.5) is 18.9 Å². The van der Waals surface area contributed by atoms with Gasteiger partial charge in [0, 0.05) is 24.7 Å². The normalized spacial score (nSPS) is 20.4. The Hall–Kier alpha value is -3.86. The lowest BCUT2D eigenvalue weighted by atomic mass is 9.79. The molecule has 7 nitrogen and oxygen atoms in total. The first kappa shape index (κ1) is 24.5. The number of likely N-dealkylation sites (tertiary alicyclic amines) is 1. The second-order valence-electron chi connectivity index (χ2n) is 9.50. The minimum atomic E-state index is -4.80. The molecule has 0 spiro atoms. The van der Waals surface area contributed by atoms with E-state index in [1.807, 2.05) is 29.2 Å². The number of hydrogen-bond acceptors (Lipinski definition) is 5. The van der Waals surface area contributed by atoms with E-state index >= 15 is 0 Å². The molecule has 11 heteroatoms. The van der Waals surface area contributed by atoms with Crippen molar-refractivity contribution in [3.63, 3.8) is 0 Å². The summed E-state index contributed by atoms with van der Waals surface area (Å²) in [6, 6.07) is 21.8. The number of halogens is 3. The third-order valence-electron chi connectivity index (χ3n) is 7.08. The van der Waals surface area contributed by atoms with Crippen LogP contribution in [0.1, 0.15) is 29.9 Å². The van der Waals surface area contributed by atoms with Crippen LogP contribution < -0.4 is 10.1 Å². The third-order valence-corrected chi connectivity index (χ3v) is 7.90. The molecule has 1 aliphatic carbocycles. The lowest BCUT2D eigenvalue weighted by molar-refractivity contribution is -0.274. The number of alkyl halides is 3. The zero-order chi connectivity index (χ0) is 26.5. The largest absolute Gasteiger partial charge is 0.573 e. The maximum absolute atomic E-state index is 12.5. The molecule has 1 saturated heterocycles. The van der Waals surface area contributed by atoms with Crippen LogP contribution in [0.3, 0.4) is 0 Å². The smallest absolute Gasteiger partial charge is 0.406 e. The van der Waals surface area contributed by atoms with Gasteiger partial charge in [0.05, 0.1) is 0 Å². The molecule has 38 heavy (non-hydrogen) atoms. The van der Waals surface area contributed by atoms with Crippen molar-refractivity contribution in [3.8, 4) is 16.9 Å². The Morgan fingerprint density at radius 3 is 2.16 bits per heavy atom. The maximum Gasteiger partial charge on any atom is 0.573 e. The first-order valence-electron chi connectivity index (χ1n) is 12.2. The number of nitrogens with one attached hydrogen (secondary N) is 1. The monoisotopic (exact) mass is 540 g/mol. The standard InChI is InChI=1S/C27H23F3N4O3S/c28-27(29,30)37-19-13-11-18(12-14-19)31-25-26(33-38(35,36)32-25)34-15-5-6-17(16-34)24-22-9-3-1-7-20(22)21-8-2-4-10-23(21)24/h1-4,7-14,17,24H,5-6,15-16H2,(H,31,32). The van der Waals surface area contributed by atoms with Crippen LogP contribution in [-0.4, -0.2) is 44.4 Å². The van der Waals surface area contributed by atoms with E-state index in [0.717, 1.165) is 25.0 Å². The first-order valence-corrected chi connectivity index (χ1v) is 13.6. The van der Waals surface area contributed by atoms with Gasteiger partial charge in [0.1, 0.15) is 5.75 Å². The van der Waals surface area contributed by atoms with Crippen LogP contribution in [0, 0.1) is 5.92 Å². The summed E-state index contributed by atoms with van der Waals surface area (Å²) in [6.07, 6.45) is -2.98. The highest BCUT2D eigenvalue weighted by molar-refractivity contribution is 7.89. The Balaban J connectivity index is 1.24. The van der Waals surface area contributed by atoms with Crippen molar-refractivity contribution in [1.82, 2.24) is 4.90 Å². The van der Waals surface area contributed by atoms with Crippen molar-refractivity contribution >= 4 is 27.6 Å². The zero-order valence-electron chi connectivity index (χ0n) is 20.0. The molecule has 6 rings (SSSR count). The van der Waals surface area contributed by atoms with E-state index in [4.69, 9.17) is 0 Å².